The highest BCUT2D eigenvalue weighted by atomic mass is 16.5. The Labute approximate surface area is 154 Å². The molecule has 0 aliphatic rings. The fraction of sp³-hybridized carbons (Fsp3) is 0. The molecule has 0 radical (unpaired) electrons. The van der Waals surface area contributed by atoms with Crippen molar-refractivity contribution in [2.75, 3.05) is 5.32 Å². The maximum absolute atomic E-state index is 12.3. The van der Waals surface area contributed by atoms with Gasteiger partial charge in [0.25, 0.3) is 5.91 Å². The van der Waals surface area contributed by atoms with Gasteiger partial charge in [-0.2, -0.15) is 0 Å². The summed E-state index contributed by atoms with van der Waals surface area (Å²) in [4.78, 5) is 33.0. The summed E-state index contributed by atoms with van der Waals surface area (Å²) >= 11 is 0. The lowest BCUT2D eigenvalue weighted by Crippen LogP contribution is -2.14. The molecule has 132 valence electrons. The Morgan fingerprint density at radius 3 is 2.67 bits per heavy atom. The molecule has 0 bridgehead atoms. The van der Waals surface area contributed by atoms with Crippen LogP contribution >= 0.6 is 0 Å². The number of fused-ring (bicyclic) bond motifs is 1. The van der Waals surface area contributed by atoms with E-state index in [0.29, 0.717) is 33.9 Å². The zero-order chi connectivity index (χ0) is 18.8. The van der Waals surface area contributed by atoms with Gasteiger partial charge in [-0.1, -0.05) is 23.7 Å². The Balaban J connectivity index is 1.50. The van der Waals surface area contributed by atoms with Crippen molar-refractivity contribution in [1.82, 2.24) is 15.0 Å². The van der Waals surface area contributed by atoms with E-state index in [4.69, 9.17) is 4.74 Å². The second-order valence-electron chi connectivity index (χ2n) is 6.06. The van der Waals surface area contributed by atoms with E-state index in [1.54, 1.807) is 42.6 Å². The average Bonchev–Trinajstić information content (AvgIpc) is 3.04. The predicted octanol–water partition coefficient (Wildman–Crippen LogP) is 1.55. The molecule has 4 aromatic rings. The molecule has 0 atom stereocenters. The number of amides is 1. The van der Waals surface area contributed by atoms with Crippen molar-refractivity contribution >= 4 is 36.1 Å². The number of rotatable bonds is 4. The van der Waals surface area contributed by atoms with Crippen LogP contribution in [0.3, 0.4) is 0 Å². The van der Waals surface area contributed by atoms with Crippen LogP contribution in [-0.4, -0.2) is 28.7 Å². The number of imidazole rings is 1. The smallest absolute Gasteiger partial charge is 0.325 e. The fourth-order valence-electron chi connectivity index (χ4n) is 2.72. The van der Waals surface area contributed by atoms with Crippen LogP contribution in [0.1, 0.15) is 10.4 Å². The van der Waals surface area contributed by atoms with Gasteiger partial charge in [-0.05, 0) is 30.3 Å². The number of benzene rings is 2. The van der Waals surface area contributed by atoms with Crippen LogP contribution in [0.2, 0.25) is 0 Å². The van der Waals surface area contributed by atoms with Gasteiger partial charge in [0.2, 0.25) is 0 Å². The topological polar surface area (TPSA) is 99.9 Å². The quantitative estimate of drug-likeness (QED) is 0.482. The molecule has 0 saturated carbocycles. The molecule has 7 nitrogen and oxygen atoms in total. The number of nitrogens with one attached hydrogen (secondary N) is 3. The maximum atomic E-state index is 12.3. The van der Waals surface area contributed by atoms with Crippen molar-refractivity contribution in [1.29, 1.82) is 0 Å². The normalized spacial score (nSPS) is 10.7. The molecule has 27 heavy (non-hydrogen) atoms. The minimum absolute atomic E-state index is 0.173. The number of carbonyl (C=O) groups excluding carboxylic acids is 1. The molecule has 2 aromatic carbocycles. The summed E-state index contributed by atoms with van der Waals surface area (Å²) in [5.74, 6) is 0.876. The molecule has 0 unspecified atom stereocenters. The Hall–Kier alpha value is -3.81. The zero-order valence-corrected chi connectivity index (χ0v) is 14.4. The van der Waals surface area contributed by atoms with Crippen LogP contribution < -0.4 is 21.2 Å². The Morgan fingerprint density at radius 2 is 1.89 bits per heavy atom. The Bertz CT molecular complexity index is 1180. The largest absolute Gasteiger partial charge is 0.455 e. The van der Waals surface area contributed by atoms with E-state index >= 15 is 0 Å². The number of anilines is 1. The summed E-state index contributed by atoms with van der Waals surface area (Å²) in [6.45, 7) is 0. The van der Waals surface area contributed by atoms with Crippen molar-refractivity contribution in [2.45, 2.75) is 0 Å². The minimum atomic E-state index is -0.345. The van der Waals surface area contributed by atoms with E-state index in [0.717, 1.165) is 5.46 Å². The third-order valence-corrected chi connectivity index (χ3v) is 4.00. The summed E-state index contributed by atoms with van der Waals surface area (Å²) in [7, 11) is 1.94. The number of aromatic amines is 2. The number of hydrogen-bond acceptors (Lipinski definition) is 4. The standard InChI is InChI=1S/C19H15BN4O3/c20-12-3-1-2-11(10-12)18(25)22-13-4-6-14(7-5-13)27-15-8-9-21-17-16(15)23-19(26)24-17/h1-10H,20H2,(H,22,25)(H2,21,23,24,26). The van der Waals surface area contributed by atoms with E-state index in [9.17, 15) is 9.59 Å². The number of nitrogens with zero attached hydrogens (tertiary/aromatic N) is 1. The number of aromatic nitrogens is 3. The molecule has 2 heterocycles. The van der Waals surface area contributed by atoms with Gasteiger partial charge in [0, 0.05) is 23.5 Å². The molecule has 0 spiro atoms. The first kappa shape index (κ1) is 16.7. The van der Waals surface area contributed by atoms with E-state index < -0.39 is 0 Å². The van der Waals surface area contributed by atoms with Crippen LogP contribution in [0.5, 0.6) is 11.5 Å². The number of carbonyl (C=O) groups is 1. The number of ether oxygens (including phenoxy) is 1. The lowest BCUT2D eigenvalue weighted by molar-refractivity contribution is 0.102. The van der Waals surface area contributed by atoms with E-state index in [1.807, 2.05) is 26.0 Å². The summed E-state index contributed by atoms with van der Waals surface area (Å²) < 4.78 is 5.82. The Kier molecular flexibility index (Phi) is 4.22. The van der Waals surface area contributed by atoms with Crippen LogP contribution in [0.15, 0.2) is 65.6 Å². The van der Waals surface area contributed by atoms with Crippen LogP contribution in [-0.2, 0) is 0 Å². The molecule has 1 amide bonds. The summed E-state index contributed by atoms with van der Waals surface area (Å²) in [6, 6.07) is 16.0. The van der Waals surface area contributed by atoms with E-state index in [2.05, 4.69) is 20.3 Å². The van der Waals surface area contributed by atoms with Gasteiger partial charge in [0.1, 0.15) is 19.1 Å². The minimum Gasteiger partial charge on any atom is -0.455 e. The highest BCUT2D eigenvalue weighted by Gasteiger charge is 2.09. The lowest BCUT2D eigenvalue weighted by Gasteiger charge is -2.09. The second kappa shape index (κ2) is 6.83. The fourth-order valence-corrected chi connectivity index (χ4v) is 2.72. The number of hydrogen-bond donors (Lipinski definition) is 3. The van der Waals surface area contributed by atoms with Crippen molar-refractivity contribution in [2.24, 2.45) is 0 Å². The molecule has 2 aromatic heterocycles. The second-order valence-corrected chi connectivity index (χ2v) is 6.06. The molecule has 8 heteroatoms. The number of pyridine rings is 1. The molecule has 0 aliphatic heterocycles. The van der Waals surface area contributed by atoms with Crippen LogP contribution in [0, 0.1) is 0 Å². The highest BCUT2D eigenvalue weighted by Crippen LogP contribution is 2.27. The van der Waals surface area contributed by atoms with E-state index in [1.165, 1.54) is 0 Å². The molecule has 3 N–H and O–H groups in total. The van der Waals surface area contributed by atoms with Crippen molar-refractivity contribution in [3.05, 3.63) is 76.8 Å². The average molecular weight is 358 g/mol. The zero-order valence-electron chi connectivity index (χ0n) is 14.4. The maximum Gasteiger partial charge on any atom is 0.325 e. The van der Waals surface area contributed by atoms with Crippen LogP contribution in [0.4, 0.5) is 5.69 Å². The first-order valence-corrected chi connectivity index (χ1v) is 8.31. The Morgan fingerprint density at radius 1 is 1.07 bits per heavy atom. The monoisotopic (exact) mass is 358 g/mol. The molecular formula is C19H15BN4O3. The summed E-state index contributed by atoms with van der Waals surface area (Å²) in [6.07, 6.45) is 1.55. The third-order valence-electron chi connectivity index (χ3n) is 4.00. The van der Waals surface area contributed by atoms with Crippen molar-refractivity contribution in [3.63, 3.8) is 0 Å². The van der Waals surface area contributed by atoms with E-state index in [-0.39, 0.29) is 11.6 Å². The van der Waals surface area contributed by atoms with Gasteiger partial charge in [0.05, 0.1) is 0 Å². The first-order chi connectivity index (χ1) is 13.1. The van der Waals surface area contributed by atoms with Crippen molar-refractivity contribution < 1.29 is 9.53 Å². The number of H-pyrrole nitrogens is 2. The van der Waals surface area contributed by atoms with Crippen molar-refractivity contribution in [3.8, 4) is 11.5 Å². The predicted molar refractivity (Wildman–Crippen MR) is 106 cm³/mol. The van der Waals surface area contributed by atoms with Gasteiger partial charge in [-0.3, -0.25) is 9.78 Å². The van der Waals surface area contributed by atoms with Gasteiger partial charge >= 0.3 is 5.69 Å². The lowest BCUT2D eigenvalue weighted by atomic mass is 9.94. The summed E-state index contributed by atoms with van der Waals surface area (Å²) in [5, 5.41) is 2.85. The highest BCUT2D eigenvalue weighted by molar-refractivity contribution is 6.32. The summed E-state index contributed by atoms with van der Waals surface area (Å²) in [5.41, 5.74) is 2.87. The molecular weight excluding hydrogens is 343 g/mol. The molecule has 0 aliphatic carbocycles. The molecule has 0 fully saturated rings. The van der Waals surface area contributed by atoms with Gasteiger partial charge in [-0.15, -0.1) is 0 Å². The van der Waals surface area contributed by atoms with Gasteiger partial charge < -0.3 is 15.0 Å². The van der Waals surface area contributed by atoms with Crippen LogP contribution in [0.25, 0.3) is 11.2 Å². The first-order valence-electron chi connectivity index (χ1n) is 8.31. The van der Waals surface area contributed by atoms with Gasteiger partial charge in [-0.25, -0.2) is 9.78 Å². The molecule has 4 rings (SSSR count). The van der Waals surface area contributed by atoms with Gasteiger partial charge in [0.15, 0.2) is 11.4 Å². The molecule has 0 saturated heterocycles. The SMILES string of the molecule is Bc1cccc(C(=O)Nc2ccc(Oc3ccnc4[nH]c(=O)[nH]c34)cc2)c1. The third kappa shape index (κ3) is 3.59.